The fourth-order valence-electron chi connectivity index (χ4n) is 2.36. The molecule has 122 valence electrons. The van der Waals surface area contributed by atoms with Crippen LogP contribution in [0.25, 0.3) is 6.08 Å². The molecule has 0 atom stereocenters. The van der Waals surface area contributed by atoms with Crippen molar-refractivity contribution in [3.05, 3.63) is 65.5 Å². The van der Waals surface area contributed by atoms with E-state index in [-0.39, 0.29) is 18.2 Å². The van der Waals surface area contributed by atoms with Crippen LogP contribution in [0, 0.1) is 5.82 Å². The van der Waals surface area contributed by atoms with E-state index in [1.165, 1.54) is 17.7 Å². The molecule has 0 amide bonds. The first-order valence-electron chi connectivity index (χ1n) is 7.20. The van der Waals surface area contributed by atoms with Gasteiger partial charge in [-0.2, -0.15) is 0 Å². The monoisotopic (exact) mass is 335 g/mol. The number of hydrogen-bond donors (Lipinski definition) is 0. The highest BCUT2D eigenvalue weighted by molar-refractivity contribution is 5.85. The van der Waals surface area contributed by atoms with Gasteiger partial charge in [-0.1, -0.05) is 30.4 Å². The van der Waals surface area contributed by atoms with E-state index >= 15 is 0 Å². The van der Waals surface area contributed by atoms with Crippen molar-refractivity contribution in [2.45, 2.75) is 6.54 Å². The van der Waals surface area contributed by atoms with E-state index < -0.39 is 0 Å². The highest BCUT2D eigenvalue weighted by Gasteiger charge is 2.13. The third kappa shape index (κ3) is 4.71. The van der Waals surface area contributed by atoms with Gasteiger partial charge in [0.15, 0.2) is 11.5 Å². The van der Waals surface area contributed by atoms with E-state index in [1.54, 1.807) is 12.1 Å². The number of nitrogens with zero attached hydrogens (tertiary/aromatic N) is 1. The molecule has 2 aromatic rings. The van der Waals surface area contributed by atoms with Crippen LogP contribution in [0.2, 0.25) is 0 Å². The normalized spacial score (nSPS) is 12.7. The second-order valence-electron chi connectivity index (χ2n) is 5.34. The van der Waals surface area contributed by atoms with Crippen molar-refractivity contribution in [3.63, 3.8) is 0 Å². The largest absolute Gasteiger partial charge is 0.454 e. The molecule has 0 aromatic heterocycles. The molecule has 0 saturated heterocycles. The summed E-state index contributed by atoms with van der Waals surface area (Å²) in [5.74, 6) is 1.41. The maximum absolute atomic E-state index is 12.8. The molecule has 5 heteroatoms. The SMILES string of the molecule is CN(C/C=C/c1ccc(F)cc1)Cc1ccc2c(c1)OCO2.Cl. The van der Waals surface area contributed by atoms with Gasteiger partial charge in [-0.15, -0.1) is 12.4 Å². The van der Waals surface area contributed by atoms with Crippen molar-refractivity contribution in [2.24, 2.45) is 0 Å². The Bertz CT molecular complexity index is 673. The van der Waals surface area contributed by atoms with Crippen LogP contribution in [0.4, 0.5) is 4.39 Å². The van der Waals surface area contributed by atoms with Crippen molar-refractivity contribution in [3.8, 4) is 11.5 Å². The molecule has 0 aliphatic carbocycles. The minimum Gasteiger partial charge on any atom is -0.454 e. The highest BCUT2D eigenvalue weighted by Crippen LogP contribution is 2.32. The molecule has 1 heterocycles. The molecule has 0 spiro atoms. The second kappa shape index (κ2) is 7.99. The standard InChI is InChI=1S/C18H18FNO2.ClH/c1-20(10-2-3-14-4-7-16(19)8-5-14)12-15-6-9-17-18(11-15)22-13-21-17;/h2-9,11H,10,12-13H2,1H3;1H/b3-2+;. The van der Waals surface area contributed by atoms with Crippen LogP contribution in [0.3, 0.4) is 0 Å². The Kier molecular flexibility index (Phi) is 6.02. The highest BCUT2D eigenvalue weighted by atomic mass is 35.5. The van der Waals surface area contributed by atoms with Gasteiger partial charge in [-0.05, 0) is 42.4 Å². The molecule has 0 N–H and O–H groups in total. The molecule has 0 saturated carbocycles. The van der Waals surface area contributed by atoms with Gasteiger partial charge in [0.2, 0.25) is 6.79 Å². The first-order valence-corrected chi connectivity index (χ1v) is 7.20. The van der Waals surface area contributed by atoms with Crippen molar-refractivity contribution < 1.29 is 13.9 Å². The van der Waals surface area contributed by atoms with E-state index in [4.69, 9.17) is 9.47 Å². The summed E-state index contributed by atoms with van der Waals surface area (Å²) in [5.41, 5.74) is 2.18. The Hall–Kier alpha value is -2.04. The number of fused-ring (bicyclic) bond motifs is 1. The average Bonchev–Trinajstić information content (AvgIpc) is 2.97. The third-order valence-corrected chi connectivity index (χ3v) is 3.49. The molecule has 0 fully saturated rings. The summed E-state index contributed by atoms with van der Waals surface area (Å²) in [4.78, 5) is 2.19. The van der Waals surface area contributed by atoms with Crippen LogP contribution in [-0.2, 0) is 6.54 Å². The molecule has 0 unspecified atom stereocenters. The van der Waals surface area contributed by atoms with Crippen molar-refractivity contribution in [1.29, 1.82) is 0 Å². The average molecular weight is 336 g/mol. The van der Waals surface area contributed by atoms with Crippen LogP contribution in [0.5, 0.6) is 11.5 Å². The predicted octanol–water partition coefficient (Wildman–Crippen LogP) is 4.12. The molecular formula is C18H19ClFNO2. The summed E-state index contributed by atoms with van der Waals surface area (Å²) in [6, 6.07) is 12.5. The van der Waals surface area contributed by atoms with Gasteiger partial charge < -0.3 is 9.47 Å². The number of halogens is 2. The summed E-state index contributed by atoms with van der Waals surface area (Å²) in [7, 11) is 2.06. The van der Waals surface area contributed by atoms with Crippen molar-refractivity contribution in [2.75, 3.05) is 20.4 Å². The lowest BCUT2D eigenvalue weighted by molar-refractivity contribution is 0.174. The lowest BCUT2D eigenvalue weighted by atomic mass is 10.2. The zero-order valence-corrected chi connectivity index (χ0v) is 13.7. The van der Waals surface area contributed by atoms with E-state index in [0.717, 1.165) is 30.2 Å². The van der Waals surface area contributed by atoms with Crippen LogP contribution in [-0.4, -0.2) is 25.3 Å². The number of likely N-dealkylation sites (N-methyl/N-ethyl adjacent to an activating group) is 1. The van der Waals surface area contributed by atoms with Crippen LogP contribution in [0.1, 0.15) is 11.1 Å². The molecule has 1 aliphatic heterocycles. The smallest absolute Gasteiger partial charge is 0.231 e. The fourth-order valence-corrected chi connectivity index (χ4v) is 2.36. The summed E-state index contributed by atoms with van der Waals surface area (Å²) >= 11 is 0. The van der Waals surface area contributed by atoms with Gasteiger partial charge in [0.1, 0.15) is 5.82 Å². The zero-order valence-electron chi connectivity index (χ0n) is 12.9. The topological polar surface area (TPSA) is 21.7 Å². The first-order chi connectivity index (χ1) is 10.7. The van der Waals surface area contributed by atoms with Gasteiger partial charge in [0, 0.05) is 13.1 Å². The predicted molar refractivity (Wildman–Crippen MR) is 91.6 cm³/mol. The third-order valence-electron chi connectivity index (χ3n) is 3.49. The van der Waals surface area contributed by atoms with Crippen molar-refractivity contribution in [1.82, 2.24) is 4.90 Å². The van der Waals surface area contributed by atoms with Crippen LogP contribution < -0.4 is 9.47 Å². The number of benzene rings is 2. The zero-order chi connectivity index (χ0) is 15.4. The van der Waals surface area contributed by atoms with E-state index in [0.29, 0.717) is 6.79 Å². The van der Waals surface area contributed by atoms with Gasteiger partial charge in [0.25, 0.3) is 0 Å². The first kappa shape index (κ1) is 17.3. The number of ether oxygens (including phenoxy) is 2. The quantitative estimate of drug-likeness (QED) is 0.820. The fraction of sp³-hybridized carbons (Fsp3) is 0.222. The van der Waals surface area contributed by atoms with Crippen LogP contribution >= 0.6 is 12.4 Å². The Morgan fingerprint density at radius 3 is 2.61 bits per heavy atom. The summed E-state index contributed by atoms with van der Waals surface area (Å²) in [5, 5.41) is 0. The number of rotatable bonds is 5. The van der Waals surface area contributed by atoms with E-state index in [1.807, 2.05) is 24.3 Å². The van der Waals surface area contributed by atoms with E-state index in [2.05, 4.69) is 18.0 Å². The van der Waals surface area contributed by atoms with E-state index in [9.17, 15) is 4.39 Å². The van der Waals surface area contributed by atoms with Gasteiger partial charge in [-0.3, -0.25) is 4.90 Å². The maximum atomic E-state index is 12.8. The maximum Gasteiger partial charge on any atom is 0.231 e. The molecule has 0 radical (unpaired) electrons. The lowest BCUT2D eigenvalue weighted by Gasteiger charge is -2.14. The minimum atomic E-state index is -0.211. The lowest BCUT2D eigenvalue weighted by Crippen LogP contribution is -2.17. The summed E-state index contributed by atoms with van der Waals surface area (Å²) in [6.07, 6.45) is 4.07. The van der Waals surface area contributed by atoms with Gasteiger partial charge in [0.05, 0.1) is 0 Å². The summed E-state index contributed by atoms with van der Waals surface area (Å²) in [6.45, 7) is 1.94. The van der Waals surface area contributed by atoms with Crippen molar-refractivity contribution >= 4 is 18.5 Å². The van der Waals surface area contributed by atoms with Gasteiger partial charge in [-0.25, -0.2) is 4.39 Å². The van der Waals surface area contributed by atoms with Gasteiger partial charge >= 0.3 is 0 Å². The summed E-state index contributed by atoms with van der Waals surface area (Å²) < 4.78 is 23.5. The Labute approximate surface area is 141 Å². The minimum absolute atomic E-state index is 0. The molecule has 3 nitrogen and oxygen atoms in total. The second-order valence-corrected chi connectivity index (χ2v) is 5.34. The molecule has 23 heavy (non-hydrogen) atoms. The Morgan fingerprint density at radius 2 is 1.83 bits per heavy atom. The molecule has 3 rings (SSSR count). The number of hydrogen-bond acceptors (Lipinski definition) is 3. The molecular weight excluding hydrogens is 317 g/mol. The molecule has 1 aliphatic rings. The Morgan fingerprint density at radius 1 is 1.09 bits per heavy atom. The molecule has 0 bridgehead atoms. The Balaban J connectivity index is 0.00000192. The van der Waals surface area contributed by atoms with Crippen LogP contribution in [0.15, 0.2) is 48.5 Å². The molecule has 2 aromatic carbocycles.